The van der Waals surface area contributed by atoms with Crippen LogP contribution in [0.4, 0.5) is 4.39 Å². The molecule has 0 aromatic heterocycles. The third-order valence-corrected chi connectivity index (χ3v) is 1.95. The van der Waals surface area contributed by atoms with Crippen molar-refractivity contribution in [1.29, 1.82) is 0 Å². The molecule has 1 atom stereocenters. The van der Waals surface area contributed by atoms with E-state index in [2.05, 4.69) is 6.58 Å². The summed E-state index contributed by atoms with van der Waals surface area (Å²) in [7, 11) is 0. The third kappa shape index (κ3) is 1.70. The maximum atomic E-state index is 13.1. The Morgan fingerprint density at radius 3 is 2.77 bits per heavy atom. The molecule has 0 aliphatic carbocycles. The van der Waals surface area contributed by atoms with E-state index in [0.717, 1.165) is 0 Å². The Kier molecular flexibility index (Phi) is 2.68. The molecule has 0 saturated heterocycles. The van der Waals surface area contributed by atoms with Gasteiger partial charge in [-0.2, -0.15) is 0 Å². The van der Waals surface area contributed by atoms with E-state index in [1.165, 1.54) is 6.08 Å². The van der Waals surface area contributed by atoms with Gasteiger partial charge in [-0.05, 0) is 12.5 Å². The molecule has 1 aromatic carbocycles. The summed E-state index contributed by atoms with van der Waals surface area (Å²) in [6.07, 6.45) is 1.45. The molecule has 0 amide bonds. The van der Waals surface area contributed by atoms with Gasteiger partial charge in [0.25, 0.3) is 0 Å². The number of nitrogens with two attached hydrogens (primary N) is 1. The SMILES string of the molecule is C=C[C@@H](N)c1ccc(C)c(F)c1O. The van der Waals surface area contributed by atoms with Crippen LogP contribution in [0.25, 0.3) is 0 Å². The number of aromatic hydroxyl groups is 1. The molecule has 0 fully saturated rings. The lowest BCUT2D eigenvalue weighted by atomic mass is 10.0. The molecule has 3 N–H and O–H groups in total. The van der Waals surface area contributed by atoms with Gasteiger partial charge in [0.05, 0.1) is 6.04 Å². The molecular formula is C10H12FNO. The monoisotopic (exact) mass is 181 g/mol. The molecule has 0 unspecified atom stereocenters. The van der Waals surface area contributed by atoms with Crippen molar-refractivity contribution >= 4 is 0 Å². The van der Waals surface area contributed by atoms with Gasteiger partial charge in [-0.25, -0.2) is 4.39 Å². The zero-order valence-electron chi connectivity index (χ0n) is 7.42. The summed E-state index contributed by atoms with van der Waals surface area (Å²) in [5, 5.41) is 9.38. The molecule has 3 heteroatoms. The van der Waals surface area contributed by atoms with Gasteiger partial charge < -0.3 is 10.8 Å². The van der Waals surface area contributed by atoms with Crippen molar-refractivity contribution in [1.82, 2.24) is 0 Å². The Labute approximate surface area is 76.5 Å². The van der Waals surface area contributed by atoms with E-state index in [1.807, 2.05) is 0 Å². The third-order valence-electron chi connectivity index (χ3n) is 1.95. The van der Waals surface area contributed by atoms with Gasteiger partial charge in [-0.15, -0.1) is 6.58 Å². The number of halogens is 1. The van der Waals surface area contributed by atoms with Gasteiger partial charge >= 0.3 is 0 Å². The molecule has 2 nitrogen and oxygen atoms in total. The van der Waals surface area contributed by atoms with Crippen LogP contribution in [0.1, 0.15) is 17.2 Å². The van der Waals surface area contributed by atoms with E-state index in [-0.39, 0.29) is 5.75 Å². The van der Waals surface area contributed by atoms with E-state index in [4.69, 9.17) is 5.73 Å². The maximum absolute atomic E-state index is 13.1. The van der Waals surface area contributed by atoms with Crippen molar-refractivity contribution < 1.29 is 9.50 Å². The lowest BCUT2D eigenvalue weighted by molar-refractivity contribution is 0.422. The minimum Gasteiger partial charge on any atom is -0.505 e. The molecule has 70 valence electrons. The van der Waals surface area contributed by atoms with E-state index in [9.17, 15) is 9.50 Å². The fourth-order valence-electron chi connectivity index (χ4n) is 1.08. The Morgan fingerprint density at radius 2 is 2.23 bits per heavy atom. The average Bonchev–Trinajstić information content (AvgIpc) is 2.13. The van der Waals surface area contributed by atoms with Crippen LogP contribution < -0.4 is 5.73 Å². The zero-order valence-corrected chi connectivity index (χ0v) is 7.42. The zero-order chi connectivity index (χ0) is 10.0. The van der Waals surface area contributed by atoms with E-state index >= 15 is 0 Å². The fraction of sp³-hybridized carbons (Fsp3) is 0.200. The van der Waals surface area contributed by atoms with E-state index in [1.54, 1.807) is 19.1 Å². The van der Waals surface area contributed by atoms with Gasteiger partial charge in [-0.1, -0.05) is 18.2 Å². The van der Waals surface area contributed by atoms with E-state index in [0.29, 0.717) is 11.1 Å². The van der Waals surface area contributed by atoms with Crippen molar-refractivity contribution in [2.75, 3.05) is 0 Å². The molecule has 1 aromatic rings. The minimum absolute atomic E-state index is 0.359. The van der Waals surface area contributed by atoms with Crippen molar-refractivity contribution in [3.8, 4) is 5.75 Å². The number of rotatable bonds is 2. The molecule has 0 bridgehead atoms. The average molecular weight is 181 g/mol. The number of benzene rings is 1. The van der Waals surface area contributed by atoms with Crippen LogP contribution in [0.5, 0.6) is 5.75 Å². The normalized spacial score (nSPS) is 12.5. The summed E-state index contributed by atoms with van der Waals surface area (Å²) in [6, 6.07) is 2.64. The first kappa shape index (κ1) is 9.74. The van der Waals surface area contributed by atoms with Crippen LogP contribution in [0.2, 0.25) is 0 Å². The Balaban J connectivity index is 3.25. The molecule has 0 spiro atoms. The molecule has 13 heavy (non-hydrogen) atoms. The van der Waals surface area contributed by atoms with Gasteiger partial charge in [0.2, 0.25) is 0 Å². The summed E-state index contributed by atoms with van der Waals surface area (Å²) >= 11 is 0. The van der Waals surface area contributed by atoms with Gasteiger partial charge in [0.1, 0.15) is 0 Å². The standard InChI is InChI=1S/C10H12FNO/c1-3-8(12)7-5-4-6(2)9(11)10(7)13/h3-5,8,13H,1,12H2,2H3/t8-/m1/s1. The molecule has 1 rings (SSSR count). The Hall–Kier alpha value is -1.35. The minimum atomic E-state index is -0.616. The second-order valence-corrected chi connectivity index (χ2v) is 2.90. The van der Waals surface area contributed by atoms with Crippen LogP contribution >= 0.6 is 0 Å². The van der Waals surface area contributed by atoms with Gasteiger partial charge in [-0.3, -0.25) is 0 Å². The Morgan fingerprint density at radius 1 is 1.62 bits per heavy atom. The Bertz CT molecular complexity index is 336. The molecule has 0 aliphatic heterocycles. The van der Waals surface area contributed by atoms with Crippen LogP contribution in [0.3, 0.4) is 0 Å². The van der Waals surface area contributed by atoms with Crippen LogP contribution in [0.15, 0.2) is 24.8 Å². The van der Waals surface area contributed by atoms with Gasteiger partial charge in [0, 0.05) is 5.56 Å². The molecular weight excluding hydrogens is 169 g/mol. The first-order chi connectivity index (χ1) is 6.07. The topological polar surface area (TPSA) is 46.2 Å². The highest BCUT2D eigenvalue weighted by atomic mass is 19.1. The van der Waals surface area contributed by atoms with Crippen LogP contribution in [-0.4, -0.2) is 5.11 Å². The highest BCUT2D eigenvalue weighted by Gasteiger charge is 2.13. The maximum Gasteiger partial charge on any atom is 0.168 e. The number of hydrogen-bond donors (Lipinski definition) is 2. The summed E-state index contributed by atoms with van der Waals surface area (Å²) in [4.78, 5) is 0. The molecule has 0 saturated carbocycles. The highest BCUT2D eigenvalue weighted by molar-refractivity contribution is 5.40. The number of aryl methyl sites for hydroxylation is 1. The van der Waals surface area contributed by atoms with Crippen molar-refractivity contribution in [3.05, 3.63) is 41.7 Å². The van der Waals surface area contributed by atoms with Gasteiger partial charge in [0.15, 0.2) is 11.6 Å². The molecule has 0 aliphatic rings. The first-order valence-corrected chi connectivity index (χ1v) is 3.94. The van der Waals surface area contributed by atoms with Crippen LogP contribution in [-0.2, 0) is 0 Å². The largest absolute Gasteiger partial charge is 0.505 e. The predicted octanol–water partition coefficient (Wildman–Crippen LogP) is 2.03. The number of phenols is 1. The molecule has 0 heterocycles. The van der Waals surface area contributed by atoms with E-state index < -0.39 is 11.9 Å². The second kappa shape index (κ2) is 3.58. The predicted molar refractivity (Wildman–Crippen MR) is 49.9 cm³/mol. The van der Waals surface area contributed by atoms with Crippen molar-refractivity contribution in [3.63, 3.8) is 0 Å². The smallest absolute Gasteiger partial charge is 0.168 e. The lowest BCUT2D eigenvalue weighted by Crippen LogP contribution is -2.07. The number of phenolic OH excluding ortho intramolecular Hbond substituents is 1. The summed E-state index contributed by atoms with van der Waals surface area (Å²) < 4.78 is 13.1. The second-order valence-electron chi connectivity index (χ2n) is 2.90. The first-order valence-electron chi connectivity index (χ1n) is 3.94. The summed E-state index contributed by atoms with van der Waals surface area (Å²) in [6.45, 7) is 5.05. The van der Waals surface area contributed by atoms with Crippen molar-refractivity contribution in [2.24, 2.45) is 5.73 Å². The number of hydrogen-bond acceptors (Lipinski definition) is 2. The lowest BCUT2D eigenvalue weighted by Gasteiger charge is -2.10. The fourth-order valence-corrected chi connectivity index (χ4v) is 1.08. The van der Waals surface area contributed by atoms with Crippen LogP contribution in [0, 0.1) is 12.7 Å². The molecule has 0 radical (unpaired) electrons. The highest BCUT2D eigenvalue weighted by Crippen LogP contribution is 2.28. The van der Waals surface area contributed by atoms with Crippen molar-refractivity contribution in [2.45, 2.75) is 13.0 Å². The quantitative estimate of drug-likeness (QED) is 0.686. The summed E-state index contributed by atoms with van der Waals surface area (Å²) in [5.41, 5.74) is 6.33. The summed E-state index contributed by atoms with van der Waals surface area (Å²) in [5.74, 6) is -0.998.